The summed E-state index contributed by atoms with van der Waals surface area (Å²) in [5.74, 6) is 0.714. The summed E-state index contributed by atoms with van der Waals surface area (Å²) in [5.41, 5.74) is 1.50. The first-order valence-electron chi connectivity index (χ1n) is 6.06. The summed E-state index contributed by atoms with van der Waals surface area (Å²) < 4.78 is 0. The zero-order valence-corrected chi connectivity index (χ0v) is 11.0. The van der Waals surface area contributed by atoms with Crippen molar-refractivity contribution in [2.75, 3.05) is 11.9 Å². The van der Waals surface area contributed by atoms with Crippen molar-refractivity contribution in [3.05, 3.63) is 23.4 Å². The number of rotatable bonds is 5. The van der Waals surface area contributed by atoms with Crippen molar-refractivity contribution >= 4 is 11.7 Å². The maximum atomic E-state index is 11.9. The number of aromatic nitrogens is 1. The molecule has 0 spiro atoms. The van der Waals surface area contributed by atoms with Crippen LogP contribution in [0.1, 0.15) is 43.2 Å². The lowest BCUT2D eigenvalue weighted by Gasteiger charge is -2.11. The summed E-state index contributed by atoms with van der Waals surface area (Å²) in [5, 5.41) is 6.07. The van der Waals surface area contributed by atoms with Gasteiger partial charge >= 0.3 is 0 Å². The Morgan fingerprint density at radius 1 is 1.41 bits per heavy atom. The van der Waals surface area contributed by atoms with Crippen molar-refractivity contribution in [2.45, 2.75) is 40.2 Å². The van der Waals surface area contributed by atoms with Crippen LogP contribution in [0.5, 0.6) is 0 Å². The Morgan fingerprint density at radius 2 is 2.12 bits per heavy atom. The highest BCUT2D eigenvalue weighted by atomic mass is 16.1. The van der Waals surface area contributed by atoms with Crippen LogP contribution in [-0.2, 0) is 0 Å². The van der Waals surface area contributed by atoms with E-state index < -0.39 is 0 Å². The minimum atomic E-state index is -0.0509. The molecule has 0 aliphatic carbocycles. The molecule has 1 rings (SSSR count). The lowest BCUT2D eigenvalue weighted by molar-refractivity contribution is 0.0943. The third-order valence-corrected chi connectivity index (χ3v) is 2.19. The molecular weight excluding hydrogens is 214 g/mol. The molecule has 0 bridgehead atoms. The molecule has 0 unspecified atom stereocenters. The Morgan fingerprint density at radius 3 is 2.71 bits per heavy atom. The molecule has 4 heteroatoms. The van der Waals surface area contributed by atoms with E-state index in [1.807, 2.05) is 20.8 Å². The van der Waals surface area contributed by atoms with Crippen LogP contribution in [-0.4, -0.2) is 23.5 Å². The third kappa shape index (κ3) is 4.43. The quantitative estimate of drug-likeness (QED) is 0.823. The van der Waals surface area contributed by atoms with E-state index in [-0.39, 0.29) is 11.9 Å². The van der Waals surface area contributed by atoms with Crippen molar-refractivity contribution in [2.24, 2.45) is 0 Å². The molecule has 0 aromatic carbocycles. The van der Waals surface area contributed by atoms with Crippen LogP contribution in [0, 0.1) is 6.92 Å². The average Bonchev–Trinajstić information content (AvgIpc) is 2.24. The Kier molecular flexibility index (Phi) is 4.94. The van der Waals surface area contributed by atoms with Crippen LogP contribution in [0.3, 0.4) is 0 Å². The van der Waals surface area contributed by atoms with Crippen molar-refractivity contribution in [3.63, 3.8) is 0 Å². The molecular formula is C13H21N3O. The van der Waals surface area contributed by atoms with Crippen molar-refractivity contribution < 1.29 is 4.79 Å². The minimum Gasteiger partial charge on any atom is -0.370 e. The predicted molar refractivity (Wildman–Crippen MR) is 70.4 cm³/mol. The van der Waals surface area contributed by atoms with Crippen LogP contribution in [0.25, 0.3) is 0 Å². The largest absolute Gasteiger partial charge is 0.370 e. The maximum Gasteiger partial charge on any atom is 0.251 e. The molecule has 0 aliphatic heterocycles. The molecule has 0 fully saturated rings. The van der Waals surface area contributed by atoms with Gasteiger partial charge in [-0.15, -0.1) is 0 Å². The molecule has 1 aromatic heterocycles. The van der Waals surface area contributed by atoms with Crippen LogP contribution in [0.2, 0.25) is 0 Å². The second-order valence-corrected chi connectivity index (χ2v) is 4.44. The summed E-state index contributed by atoms with van der Waals surface area (Å²) in [6, 6.07) is 3.73. The summed E-state index contributed by atoms with van der Waals surface area (Å²) in [7, 11) is 0. The van der Waals surface area contributed by atoms with Crippen LogP contribution < -0.4 is 10.6 Å². The van der Waals surface area contributed by atoms with E-state index in [4.69, 9.17) is 0 Å². The molecule has 0 saturated heterocycles. The number of nitrogens with zero attached hydrogens (tertiary/aromatic N) is 1. The van der Waals surface area contributed by atoms with E-state index in [0.29, 0.717) is 5.56 Å². The predicted octanol–water partition coefficient (Wildman–Crippen LogP) is 2.35. The van der Waals surface area contributed by atoms with Gasteiger partial charge in [-0.05, 0) is 39.3 Å². The van der Waals surface area contributed by atoms with Gasteiger partial charge in [0.05, 0.1) is 0 Å². The van der Waals surface area contributed by atoms with E-state index in [0.717, 1.165) is 24.5 Å². The molecule has 0 atom stereocenters. The van der Waals surface area contributed by atoms with Crippen molar-refractivity contribution in [3.8, 4) is 0 Å². The highest BCUT2D eigenvalue weighted by Crippen LogP contribution is 2.10. The van der Waals surface area contributed by atoms with E-state index in [1.165, 1.54) is 0 Å². The monoisotopic (exact) mass is 235 g/mol. The second kappa shape index (κ2) is 6.23. The first-order chi connectivity index (χ1) is 8.02. The highest BCUT2D eigenvalue weighted by Gasteiger charge is 2.09. The van der Waals surface area contributed by atoms with Crippen LogP contribution in [0.4, 0.5) is 5.82 Å². The molecule has 1 amide bonds. The third-order valence-electron chi connectivity index (χ3n) is 2.19. The van der Waals surface area contributed by atoms with Gasteiger partial charge in [-0.1, -0.05) is 6.92 Å². The molecule has 1 aromatic rings. The Labute approximate surface area is 103 Å². The van der Waals surface area contributed by atoms with E-state index in [9.17, 15) is 4.79 Å². The van der Waals surface area contributed by atoms with Gasteiger partial charge in [0.2, 0.25) is 0 Å². The fourth-order valence-corrected chi connectivity index (χ4v) is 1.49. The number of hydrogen-bond acceptors (Lipinski definition) is 3. The number of anilines is 1. The topological polar surface area (TPSA) is 54.0 Å². The molecule has 2 N–H and O–H groups in total. The first kappa shape index (κ1) is 13.5. The molecule has 4 nitrogen and oxygen atoms in total. The van der Waals surface area contributed by atoms with E-state index >= 15 is 0 Å². The van der Waals surface area contributed by atoms with E-state index in [1.54, 1.807) is 12.1 Å². The van der Waals surface area contributed by atoms with Crippen molar-refractivity contribution in [1.82, 2.24) is 10.3 Å². The molecule has 94 valence electrons. The Balaban J connectivity index is 2.84. The number of pyridine rings is 1. The molecule has 1 heterocycles. The molecule has 0 saturated carbocycles. The zero-order chi connectivity index (χ0) is 12.8. The minimum absolute atomic E-state index is 0.0509. The Hall–Kier alpha value is -1.58. The van der Waals surface area contributed by atoms with Gasteiger partial charge < -0.3 is 10.6 Å². The smallest absolute Gasteiger partial charge is 0.251 e. The number of aryl methyl sites for hydroxylation is 1. The van der Waals surface area contributed by atoms with Gasteiger partial charge in [-0.3, -0.25) is 4.79 Å². The first-order valence-corrected chi connectivity index (χ1v) is 6.06. The van der Waals surface area contributed by atoms with Crippen molar-refractivity contribution in [1.29, 1.82) is 0 Å². The number of amides is 1. The van der Waals surface area contributed by atoms with Gasteiger partial charge in [0, 0.05) is 23.8 Å². The lowest BCUT2D eigenvalue weighted by Crippen LogP contribution is -2.30. The molecule has 17 heavy (non-hydrogen) atoms. The summed E-state index contributed by atoms with van der Waals surface area (Å²) in [6.45, 7) is 8.74. The second-order valence-electron chi connectivity index (χ2n) is 4.44. The summed E-state index contributed by atoms with van der Waals surface area (Å²) >= 11 is 0. The van der Waals surface area contributed by atoms with Gasteiger partial charge in [0.1, 0.15) is 5.82 Å². The van der Waals surface area contributed by atoms with Gasteiger partial charge in [0.25, 0.3) is 5.91 Å². The normalized spacial score (nSPS) is 10.4. The fraction of sp³-hybridized carbons (Fsp3) is 0.538. The average molecular weight is 235 g/mol. The Bertz CT molecular complexity index is 388. The maximum absolute atomic E-state index is 11.9. The SMILES string of the molecule is CCCNc1cc(C(=O)NC(C)C)cc(C)n1. The van der Waals surface area contributed by atoms with E-state index in [2.05, 4.69) is 22.5 Å². The summed E-state index contributed by atoms with van der Waals surface area (Å²) in [4.78, 5) is 16.2. The van der Waals surface area contributed by atoms with Crippen LogP contribution in [0.15, 0.2) is 12.1 Å². The highest BCUT2D eigenvalue weighted by molar-refractivity contribution is 5.95. The van der Waals surface area contributed by atoms with Gasteiger partial charge in [-0.25, -0.2) is 4.98 Å². The fourth-order valence-electron chi connectivity index (χ4n) is 1.49. The number of carbonyl (C=O) groups excluding carboxylic acids is 1. The molecule has 0 aliphatic rings. The van der Waals surface area contributed by atoms with Crippen LogP contribution >= 0.6 is 0 Å². The van der Waals surface area contributed by atoms with Gasteiger partial charge in [0.15, 0.2) is 0 Å². The lowest BCUT2D eigenvalue weighted by atomic mass is 10.2. The molecule has 0 radical (unpaired) electrons. The number of carbonyl (C=O) groups is 1. The number of nitrogens with one attached hydrogen (secondary N) is 2. The van der Waals surface area contributed by atoms with Gasteiger partial charge in [-0.2, -0.15) is 0 Å². The standard InChI is InChI=1S/C13H21N3O/c1-5-6-14-12-8-11(7-10(4)16-12)13(17)15-9(2)3/h7-9H,5-6H2,1-4H3,(H,14,16)(H,15,17). The number of hydrogen-bond donors (Lipinski definition) is 2. The zero-order valence-electron chi connectivity index (χ0n) is 11.0. The summed E-state index contributed by atoms with van der Waals surface area (Å²) in [6.07, 6.45) is 1.03.